The monoisotopic (exact) mass is 311 g/mol. The van der Waals surface area contributed by atoms with Crippen LogP contribution < -0.4 is 5.32 Å². The van der Waals surface area contributed by atoms with E-state index in [1.807, 2.05) is 30.5 Å². The van der Waals surface area contributed by atoms with Crippen LogP contribution in [-0.4, -0.2) is 23.7 Å². The fourth-order valence-electron chi connectivity index (χ4n) is 2.58. The lowest BCUT2D eigenvalue weighted by Crippen LogP contribution is -2.28. The molecular formula is C18H21N3O2. The summed E-state index contributed by atoms with van der Waals surface area (Å²) in [5, 5.41) is 13.1. The number of carbonyl (C=O) groups is 2. The highest BCUT2D eigenvalue weighted by Crippen LogP contribution is 2.24. The lowest BCUT2D eigenvalue weighted by Gasteiger charge is -2.16. The highest BCUT2D eigenvalue weighted by Gasteiger charge is 2.27. The molecule has 2 rings (SSSR count). The Labute approximate surface area is 135 Å². The number of rotatable bonds is 8. The molecule has 120 valence electrons. The van der Waals surface area contributed by atoms with Gasteiger partial charge in [-0.2, -0.15) is 5.26 Å². The molecule has 0 fully saturated rings. The van der Waals surface area contributed by atoms with Crippen molar-refractivity contribution in [3.8, 4) is 6.07 Å². The number of amides is 1. The average molecular weight is 311 g/mol. The van der Waals surface area contributed by atoms with E-state index in [2.05, 4.69) is 16.4 Å². The number of aromatic nitrogens is 1. The maximum Gasteiger partial charge on any atom is 0.220 e. The Kier molecular flexibility index (Phi) is 5.53. The second-order valence-corrected chi connectivity index (χ2v) is 5.70. The molecule has 0 radical (unpaired) electrons. The zero-order chi connectivity index (χ0) is 16.7. The highest BCUT2D eigenvalue weighted by atomic mass is 16.1. The predicted molar refractivity (Wildman–Crippen MR) is 88.6 cm³/mol. The summed E-state index contributed by atoms with van der Waals surface area (Å²) in [6.45, 7) is 2.32. The Morgan fingerprint density at radius 1 is 1.43 bits per heavy atom. The third kappa shape index (κ3) is 3.98. The van der Waals surface area contributed by atoms with E-state index >= 15 is 0 Å². The smallest absolute Gasteiger partial charge is 0.220 e. The van der Waals surface area contributed by atoms with Crippen molar-refractivity contribution < 1.29 is 9.59 Å². The summed E-state index contributed by atoms with van der Waals surface area (Å²) in [5.74, 6) is -0.125. The Hall–Kier alpha value is -2.61. The number of hydrogen-bond donors (Lipinski definition) is 2. The van der Waals surface area contributed by atoms with Gasteiger partial charge in [-0.15, -0.1) is 0 Å². The molecule has 1 heterocycles. The van der Waals surface area contributed by atoms with Gasteiger partial charge in [-0.1, -0.05) is 25.1 Å². The lowest BCUT2D eigenvalue weighted by molar-refractivity contribution is -0.122. The van der Waals surface area contributed by atoms with Crippen LogP contribution >= 0.6 is 0 Å². The molecule has 1 aromatic heterocycles. The van der Waals surface area contributed by atoms with Crippen molar-refractivity contribution in [1.29, 1.82) is 5.26 Å². The van der Waals surface area contributed by atoms with Crippen molar-refractivity contribution >= 4 is 23.1 Å². The summed E-state index contributed by atoms with van der Waals surface area (Å²) >= 11 is 0. The van der Waals surface area contributed by atoms with Gasteiger partial charge in [0.15, 0.2) is 0 Å². The van der Waals surface area contributed by atoms with Crippen molar-refractivity contribution in [1.82, 2.24) is 10.3 Å². The first-order chi connectivity index (χ1) is 11.1. The average Bonchev–Trinajstić information content (AvgIpc) is 3.00. The van der Waals surface area contributed by atoms with E-state index in [1.54, 1.807) is 6.92 Å². The number of H-pyrrole nitrogens is 1. The predicted octanol–water partition coefficient (Wildman–Crippen LogP) is 2.73. The van der Waals surface area contributed by atoms with Crippen LogP contribution in [0.3, 0.4) is 0 Å². The number of para-hydroxylation sites is 1. The third-order valence-electron chi connectivity index (χ3n) is 4.27. The standard InChI is InChI=1S/C18H21N3O2/c1-2-18(12-19,13-22)9-7-17(23)20-10-8-14-11-21-16-6-4-3-5-15(14)16/h3-6,11,13,21H,2,7-10H2,1H3,(H,20,23). The van der Waals surface area contributed by atoms with Crippen molar-refractivity contribution in [2.75, 3.05) is 6.54 Å². The van der Waals surface area contributed by atoms with Crippen LogP contribution in [0.15, 0.2) is 30.5 Å². The summed E-state index contributed by atoms with van der Waals surface area (Å²) in [6, 6.07) is 10.1. The topological polar surface area (TPSA) is 85.8 Å². The van der Waals surface area contributed by atoms with E-state index in [0.29, 0.717) is 19.3 Å². The first-order valence-electron chi connectivity index (χ1n) is 7.83. The van der Waals surface area contributed by atoms with Gasteiger partial charge in [0, 0.05) is 30.1 Å². The summed E-state index contributed by atoms with van der Waals surface area (Å²) in [6.07, 6.45) is 4.24. The molecule has 5 nitrogen and oxygen atoms in total. The number of benzene rings is 1. The fourth-order valence-corrected chi connectivity index (χ4v) is 2.58. The SMILES string of the molecule is CCC(C#N)(C=O)CCC(=O)NCCc1c[nH]c2ccccc12. The number of aromatic amines is 1. The molecule has 0 saturated carbocycles. The number of fused-ring (bicyclic) bond motifs is 1. The molecule has 1 amide bonds. The van der Waals surface area contributed by atoms with Gasteiger partial charge in [-0.3, -0.25) is 4.79 Å². The highest BCUT2D eigenvalue weighted by molar-refractivity contribution is 5.83. The number of aldehydes is 1. The molecule has 0 aliphatic carbocycles. The lowest BCUT2D eigenvalue weighted by atomic mass is 9.84. The molecule has 0 saturated heterocycles. The van der Waals surface area contributed by atoms with Crippen molar-refractivity contribution in [3.05, 3.63) is 36.0 Å². The zero-order valence-corrected chi connectivity index (χ0v) is 13.3. The van der Waals surface area contributed by atoms with E-state index in [9.17, 15) is 9.59 Å². The van der Waals surface area contributed by atoms with Gasteiger partial charge in [0.05, 0.1) is 6.07 Å². The Bertz CT molecular complexity index is 729. The van der Waals surface area contributed by atoms with Crippen LogP contribution in [0.4, 0.5) is 0 Å². The van der Waals surface area contributed by atoms with Crippen LogP contribution in [0, 0.1) is 16.7 Å². The van der Waals surface area contributed by atoms with Crippen LogP contribution in [0.1, 0.15) is 31.7 Å². The molecule has 0 aliphatic rings. The molecule has 5 heteroatoms. The Morgan fingerprint density at radius 2 is 2.22 bits per heavy atom. The molecule has 1 unspecified atom stereocenters. The maximum absolute atomic E-state index is 11.9. The van der Waals surface area contributed by atoms with Crippen LogP contribution in [0.25, 0.3) is 10.9 Å². The molecule has 0 spiro atoms. The summed E-state index contributed by atoms with van der Waals surface area (Å²) in [7, 11) is 0. The number of nitrogens with zero attached hydrogens (tertiary/aromatic N) is 1. The zero-order valence-electron chi connectivity index (χ0n) is 13.3. The summed E-state index contributed by atoms with van der Waals surface area (Å²) in [4.78, 5) is 26.1. The Morgan fingerprint density at radius 3 is 2.91 bits per heavy atom. The molecular weight excluding hydrogens is 290 g/mol. The Balaban J connectivity index is 1.81. The minimum atomic E-state index is -1.03. The van der Waals surface area contributed by atoms with Gasteiger partial charge < -0.3 is 15.1 Å². The van der Waals surface area contributed by atoms with E-state index in [-0.39, 0.29) is 18.7 Å². The van der Waals surface area contributed by atoms with Gasteiger partial charge in [0.2, 0.25) is 5.91 Å². The van der Waals surface area contributed by atoms with Crippen LogP contribution in [0.2, 0.25) is 0 Å². The van der Waals surface area contributed by atoms with Crippen LogP contribution in [0.5, 0.6) is 0 Å². The first-order valence-corrected chi connectivity index (χ1v) is 7.83. The van der Waals surface area contributed by atoms with E-state index < -0.39 is 5.41 Å². The van der Waals surface area contributed by atoms with Gasteiger partial charge in [0.1, 0.15) is 11.7 Å². The summed E-state index contributed by atoms with van der Waals surface area (Å²) in [5.41, 5.74) is 1.21. The molecule has 2 N–H and O–H groups in total. The second kappa shape index (κ2) is 7.59. The van der Waals surface area contributed by atoms with E-state index in [0.717, 1.165) is 22.9 Å². The van der Waals surface area contributed by atoms with Gasteiger partial charge in [-0.25, -0.2) is 0 Å². The van der Waals surface area contributed by atoms with Crippen LogP contribution in [-0.2, 0) is 16.0 Å². The molecule has 0 bridgehead atoms. The minimum Gasteiger partial charge on any atom is -0.361 e. The minimum absolute atomic E-state index is 0.125. The number of nitriles is 1. The fraction of sp³-hybridized carbons (Fsp3) is 0.389. The number of hydrogen-bond acceptors (Lipinski definition) is 3. The van der Waals surface area contributed by atoms with E-state index in [4.69, 9.17) is 5.26 Å². The van der Waals surface area contributed by atoms with Crippen molar-refractivity contribution in [3.63, 3.8) is 0 Å². The van der Waals surface area contributed by atoms with Gasteiger partial charge in [-0.05, 0) is 30.9 Å². The third-order valence-corrected chi connectivity index (χ3v) is 4.27. The summed E-state index contributed by atoms with van der Waals surface area (Å²) < 4.78 is 0. The van der Waals surface area contributed by atoms with Gasteiger partial charge in [0.25, 0.3) is 0 Å². The molecule has 2 aromatic rings. The molecule has 1 atom stereocenters. The largest absolute Gasteiger partial charge is 0.361 e. The quantitative estimate of drug-likeness (QED) is 0.735. The van der Waals surface area contributed by atoms with Crippen molar-refractivity contribution in [2.24, 2.45) is 5.41 Å². The van der Waals surface area contributed by atoms with Gasteiger partial charge >= 0.3 is 0 Å². The number of carbonyl (C=O) groups excluding carboxylic acids is 2. The normalized spacial score (nSPS) is 13.2. The molecule has 1 aromatic carbocycles. The maximum atomic E-state index is 11.9. The second-order valence-electron chi connectivity index (χ2n) is 5.70. The molecule has 0 aliphatic heterocycles. The first kappa shape index (κ1) is 16.8. The van der Waals surface area contributed by atoms with E-state index in [1.165, 1.54) is 0 Å². The molecule has 23 heavy (non-hydrogen) atoms. The van der Waals surface area contributed by atoms with Crippen molar-refractivity contribution in [2.45, 2.75) is 32.6 Å². The number of nitrogens with one attached hydrogen (secondary N) is 2.